The van der Waals surface area contributed by atoms with E-state index in [9.17, 15) is 4.79 Å². The Morgan fingerprint density at radius 3 is 2.89 bits per heavy atom. The zero-order valence-corrected chi connectivity index (χ0v) is 13.7. The van der Waals surface area contributed by atoms with Crippen LogP contribution in [0.4, 0.5) is 0 Å². The third kappa shape index (κ3) is 4.48. The van der Waals surface area contributed by atoms with Crippen LogP contribution in [0, 0.1) is 0 Å². The van der Waals surface area contributed by atoms with Crippen LogP contribution in [0.15, 0.2) is 26.2 Å². The Kier molecular flexibility index (Phi) is 5.68. The Bertz CT molecular complexity index is 526. The minimum Gasteiger partial charge on any atom is -0.350 e. The lowest BCUT2D eigenvalue weighted by molar-refractivity contribution is -0.120. The molecule has 0 fully saturated rings. The fourth-order valence-corrected chi connectivity index (χ4v) is 4.51. The van der Waals surface area contributed by atoms with Crippen molar-refractivity contribution in [1.29, 1.82) is 0 Å². The standard InChI is InChI=1S/C11H13N3OS4/c1-7(18-11-14-13-10(16-2)19-11)9(15)12-6-8-4-3-5-17-8/h3-5,7H,6H2,1-2H3,(H,12,15). The summed E-state index contributed by atoms with van der Waals surface area (Å²) in [6.45, 7) is 2.47. The fraction of sp³-hybridized carbons (Fsp3) is 0.364. The van der Waals surface area contributed by atoms with Gasteiger partial charge in [0.1, 0.15) is 0 Å². The van der Waals surface area contributed by atoms with Crippen molar-refractivity contribution in [2.45, 2.75) is 27.4 Å². The van der Waals surface area contributed by atoms with Gasteiger partial charge in [0.05, 0.1) is 11.8 Å². The van der Waals surface area contributed by atoms with E-state index in [2.05, 4.69) is 15.5 Å². The van der Waals surface area contributed by atoms with Gasteiger partial charge in [-0.2, -0.15) is 0 Å². The Morgan fingerprint density at radius 1 is 1.47 bits per heavy atom. The SMILES string of the molecule is CSc1nnc(SC(C)C(=O)NCc2cccs2)s1. The third-order valence-corrected chi connectivity index (χ3v) is 6.19. The van der Waals surface area contributed by atoms with Crippen LogP contribution in [0.25, 0.3) is 0 Å². The summed E-state index contributed by atoms with van der Waals surface area (Å²) in [5.41, 5.74) is 0. The molecule has 2 heterocycles. The molecule has 19 heavy (non-hydrogen) atoms. The minimum atomic E-state index is -0.164. The average molecular weight is 332 g/mol. The summed E-state index contributed by atoms with van der Waals surface area (Å²) < 4.78 is 1.76. The number of thioether (sulfide) groups is 2. The normalized spacial score (nSPS) is 12.3. The van der Waals surface area contributed by atoms with E-state index >= 15 is 0 Å². The maximum atomic E-state index is 11.9. The van der Waals surface area contributed by atoms with Gasteiger partial charge in [0, 0.05) is 4.88 Å². The van der Waals surface area contributed by atoms with Crippen molar-refractivity contribution in [3.63, 3.8) is 0 Å². The number of amides is 1. The molecule has 0 radical (unpaired) electrons. The molecule has 0 spiro atoms. The summed E-state index contributed by atoms with van der Waals surface area (Å²) in [5, 5.41) is 12.8. The smallest absolute Gasteiger partial charge is 0.233 e. The van der Waals surface area contributed by atoms with Crippen LogP contribution in [0.3, 0.4) is 0 Å². The van der Waals surface area contributed by atoms with Crippen LogP contribution in [0.2, 0.25) is 0 Å². The molecule has 0 saturated heterocycles. The second-order valence-corrected chi connectivity index (χ2v) is 8.25. The number of carbonyl (C=O) groups is 1. The second-order valence-electron chi connectivity index (χ2n) is 3.60. The molecule has 0 bridgehead atoms. The summed E-state index contributed by atoms with van der Waals surface area (Å²) in [7, 11) is 0. The highest BCUT2D eigenvalue weighted by Gasteiger charge is 2.16. The summed E-state index contributed by atoms with van der Waals surface area (Å²) in [6.07, 6.45) is 1.96. The molecule has 0 aliphatic rings. The zero-order chi connectivity index (χ0) is 13.7. The molecule has 2 aromatic rings. The number of nitrogens with zero attached hydrogens (tertiary/aromatic N) is 2. The highest BCUT2D eigenvalue weighted by Crippen LogP contribution is 2.30. The first kappa shape index (κ1) is 14.8. The number of aromatic nitrogens is 2. The van der Waals surface area contributed by atoms with Crippen LogP contribution < -0.4 is 5.32 Å². The molecule has 8 heteroatoms. The Morgan fingerprint density at radius 2 is 2.26 bits per heavy atom. The van der Waals surface area contributed by atoms with Crippen molar-refractivity contribution < 1.29 is 4.79 Å². The minimum absolute atomic E-state index is 0.0271. The fourth-order valence-electron chi connectivity index (χ4n) is 1.26. The van der Waals surface area contributed by atoms with E-state index in [4.69, 9.17) is 0 Å². The molecule has 1 atom stereocenters. The Hall–Kier alpha value is -0.570. The first-order chi connectivity index (χ1) is 9.19. The van der Waals surface area contributed by atoms with Gasteiger partial charge in [0.2, 0.25) is 5.91 Å². The lowest BCUT2D eigenvalue weighted by Crippen LogP contribution is -2.30. The summed E-state index contributed by atoms with van der Waals surface area (Å²) in [6, 6.07) is 3.99. The highest BCUT2D eigenvalue weighted by atomic mass is 32.2. The maximum Gasteiger partial charge on any atom is 0.233 e. The van der Waals surface area contributed by atoms with Crippen molar-refractivity contribution in [3.05, 3.63) is 22.4 Å². The molecule has 0 aromatic carbocycles. The van der Waals surface area contributed by atoms with Crippen LogP contribution >= 0.6 is 46.2 Å². The predicted molar refractivity (Wildman–Crippen MR) is 83.2 cm³/mol. The topological polar surface area (TPSA) is 54.9 Å². The first-order valence-electron chi connectivity index (χ1n) is 5.53. The van der Waals surface area contributed by atoms with Gasteiger partial charge in [-0.1, -0.05) is 40.9 Å². The van der Waals surface area contributed by atoms with Crippen LogP contribution in [0.5, 0.6) is 0 Å². The average Bonchev–Trinajstić information content (AvgIpc) is 3.06. The number of hydrogen-bond acceptors (Lipinski definition) is 7. The number of thiophene rings is 1. The van der Waals surface area contributed by atoms with Gasteiger partial charge in [0.25, 0.3) is 0 Å². The van der Waals surface area contributed by atoms with Crippen molar-refractivity contribution in [3.8, 4) is 0 Å². The van der Waals surface area contributed by atoms with Gasteiger partial charge in [0.15, 0.2) is 8.68 Å². The number of rotatable bonds is 6. The van der Waals surface area contributed by atoms with Gasteiger partial charge in [-0.05, 0) is 24.6 Å². The van der Waals surface area contributed by atoms with Gasteiger partial charge in [-0.3, -0.25) is 4.79 Å². The number of carbonyl (C=O) groups excluding carboxylic acids is 1. The molecule has 2 rings (SSSR count). The van der Waals surface area contributed by atoms with Gasteiger partial charge < -0.3 is 5.32 Å². The second kappa shape index (κ2) is 7.28. The molecule has 4 nitrogen and oxygen atoms in total. The largest absolute Gasteiger partial charge is 0.350 e. The van der Waals surface area contributed by atoms with E-state index in [-0.39, 0.29) is 11.2 Å². The van der Waals surface area contributed by atoms with E-state index in [1.807, 2.05) is 30.7 Å². The molecular weight excluding hydrogens is 318 g/mol. The molecule has 0 saturated carbocycles. The lowest BCUT2D eigenvalue weighted by Gasteiger charge is -2.09. The number of nitrogens with one attached hydrogen (secondary N) is 1. The van der Waals surface area contributed by atoms with E-state index in [1.165, 1.54) is 23.1 Å². The highest BCUT2D eigenvalue weighted by molar-refractivity contribution is 8.03. The Labute approximate surface area is 128 Å². The van der Waals surface area contributed by atoms with Crippen LogP contribution in [0.1, 0.15) is 11.8 Å². The predicted octanol–water partition coefficient (Wildman–Crippen LogP) is 3.12. The molecule has 0 aliphatic carbocycles. The molecular formula is C11H13N3OS4. The Balaban J connectivity index is 1.81. The molecule has 2 aromatic heterocycles. The summed E-state index contributed by atoms with van der Waals surface area (Å²) >= 11 is 6.18. The summed E-state index contributed by atoms with van der Waals surface area (Å²) in [4.78, 5) is 13.1. The van der Waals surface area contributed by atoms with E-state index < -0.39 is 0 Å². The molecule has 102 valence electrons. The van der Waals surface area contributed by atoms with Crippen LogP contribution in [-0.2, 0) is 11.3 Å². The van der Waals surface area contributed by atoms with Crippen molar-refractivity contribution in [1.82, 2.24) is 15.5 Å². The third-order valence-electron chi connectivity index (χ3n) is 2.23. The summed E-state index contributed by atoms with van der Waals surface area (Å²) in [5.74, 6) is 0.0271. The quantitative estimate of drug-likeness (QED) is 0.824. The van der Waals surface area contributed by atoms with E-state index in [0.717, 1.165) is 13.6 Å². The van der Waals surface area contributed by atoms with E-state index in [0.29, 0.717) is 6.54 Å². The molecule has 0 aliphatic heterocycles. The van der Waals surface area contributed by atoms with Crippen molar-refractivity contribution in [2.75, 3.05) is 6.26 Å². The maximum absolute atomic E-state index is 11.9. The number of hydrogen-bond donors (Lipinski definition) is 1. The van der Waals surface area contributed by atoms with Gasteiger partial charge in [-0.15, -0.1) is 21.5 Å². The molecule has 1 amide bonds. The molecule has 1 N–H and O–H groups in total. The van der Waals surface area contributed by atoms with E-state index in [1.54, 1.807) is 23.1 Å². The van der Waals surface area contributed by atoms with Gasteiger partial charge in [-0.25, -0.2) is 0 Å². The van der Waals surface area contributed by atoms with Crippen molar-refractivity contribution in [2.24, 2.45) is 0 Å². The molecule has 1 unspecified atom stereocenters. The van der Waals surface area contributed by atoms with Crippen LogP contribution in [-0.4, -0.2) is 27.6 Å². The first-order valence-corrected chi connectivity index (χ1v) is 9.33. The monoisotopic (exact) mass is 331 g/mol. The zero-order valence-electron chi connectivity index (χ0n) is 10.5. The van der Waals surface area contributed by atoms with Crippen molar-refractivity contribution >= 4 is 52.1 Å². The van der Waals surface area contributed by atoms with Gasteiger partial charge >= 0.3 is 0 Å². The lowest BCUT2D eigenvalue weighted by atomic mass is 10.4.